The van der Waals surface area contributed by atoms with Crippen LogP contribution in [0, 0.1) is 41.5 Å². The van der Waals surface area contributed by atoms with E-state index in [-0.39, 0.29) is 0 Å². The van der Waals surface area contributed by atoms with Crippen LogP contribution in [0.2, 0.25) is 0 Å². The van der Waals surface area contributed by atoms with Crippen molar-refractivity contribution >= 4 is 45.1 Å². The number of hydrogen-bond donors (Lipinski definition) is 0. The Labute approximate surface area is 505 Å². The van der Waals surface area contributed by atoms with E-state index in [4.69, 9.17) is 0 Å². The summed E-state index contributed by atoms with van der Waals surface area (Å²) in [6.45, 7) is 12.8. The van der Waals surface area contributed by atoms with Crippen LogP contribution in [0.5, 0.6) is 0 Å². The molecular formula is C84H75N. The highest BCUT2D eigenvalue weighted by Gasteiger charge is 2.15. The van der Waals surface area contributed by atoms with Gasteiger partial charge in [-0.25, -0.2) is 0 Å². The number of hydrogen-bond acceptors (Lipinski definition) is 0. The van der Waals surface area contributed by atoms with Crippen LogP contribution in [0.15, 0.2) is 315 Å². The fraction of sp³-hybridized carbons (Fsp3) is 0.0952. The highest BCUT2D eigenvalue weighted by atomic mass is 15.0. The molecule has 0 amide bonds. The molecule has 0 atom stereocenters. The van der Waals surface area contributed by atoms with Crippen molar-refractivity contribution in [3.63, 3.8) is 0 Å². The van der Waals surface area contributed by atoms with E-state index in [0.717, 1.165) is 6.42 Å². The summed E-state index contributed by atoms with van der Waals surface area (Å²) in [6.07, 6.45) is 5.57. The van der Waals surface area contributed by atoms with Gasteiger partial charge < -0.3 is 4.57 Å². The van der Waals surface area contributed by atoms with Gasteiger partial charge in [0, 0.05) is 22.4 Å². The largest absolute Gasteiger partial charge is 0.309 e. The van der Waals surface area contributed by atoms with Gasteiger partial charge in [0.2, 0.25) is 0 Å². The number of aryl methyl sites for hydroxylation is 6. The number of benzene rings is 12. The lowest BCUT2D eigenvalue weighted by molar-refractivity contribution is 0.805. The third-order valence-electron chi connectivity index (χ3n) is 15.7. The maximum atomic E-state index is 2.34. The fourth-order valence-electron chi connectivity index (χ4n) is 10.7. The van der Waals surface area contributed by atoms with E-state index < -0.39 is 0 Å². The Morgan fingerprint density at radius 3 is 1.05 bits per heavy atom. The van der Waals surface area contributed by atoms with Crippen LogP contribution in [0.4, 0.5) is 0 Å². The molecule has 1 nitrogen and oxygen atoms in total. The minimum atomic E-state index is 0.412. The molecule has 85 heavy (non-hydrogen) atoms. The highest BCUT2D eigenvalue weighted by molar-refractivity contribution is 6.09. The van der Waals surface area contributed by atoms with Crippen LogP contribution in [0.3, 0.4) is 0 Å². The standard InChI is InChI=1S/C23H22.C21H20.C21H18.C19H15N/c1-17-9-12-20(13-10-17)16-23(21-7-5-4-6-8-21)22-14-11-18(2)19(3)15-22;2*1-17-12-14-18(15-13-17)16-21(19-8-4-2-5-9-19)20-10-6-3-7-11-20;1-14-10-12-15(13-11-14)20-18-8-4-2-6-16(18)17-7-3-5-9-19(17)20/h4-16H,1-3H3;2-15,21H,16H2,1H3;2-16H,1H3;2-13H,1H3/b23-16+;;;. The number of para-hydroxylation sites is 2. The normalized spacial score (nSPS) is 10.9. The van der Waals surface area contributed by atoms with E-state index in [2.05, 4.69) is 374 Å². The second kappa shape index (κ2) is 28.8. The summed E-state index contributed by atoms with van der Waals surface area (Å²) in [5.74, 6) is 0.412. The van der Waals surface area contributed by atoms with Crippen molar-refractivity contribution in [1.29, 1.82) is 0 Å². The highest BCUT2D eigenvalue weighted by Crippen LogP contribution is 2.33. The molecule has 0 fully saturated rings. The molecule has 0 radical (unpaired) electrons. The zero-order valence-corrected chi connectivity index (χ0v) is 49.9. The fourth-order valence-corrected chi connectivity index (χ4v) is 10.7. The summed E-state index contributed by atoms with van der Waals surface area (Å²) in [5.41, 5.74) is 25.7. The Hall–Kier alpha value is -10.1. The molecule has 13 aromatic rings. The Morgan fingerprint density at radius 1 is 0.306 bits per heavy atom. The molecule has 1 aromatic heterocycles. The molecule has 13 rings (SSSR count). The van der Waals surface area contributed by atoms with Gasteiger partial charge in [-0.3, -0.25) is 0 Å². The van der Waals surface area contributed by atoms with Crippen molar-refractivity contribution in [1.82, 2.24) is 4.57 Å². The number of aromatic nitrogens is 1. The Balaban J connectivity index is 0.000000126. The van der Waals surface area contributed by atoms with Gasteiger partial charge in [-0.05, 0) is 157 Å². The summed E-state index contributed by atoms with van der Waals surface area (Å²) >= 11 is 0. The van der Waals surface area contributed by atoms with Crippen molar-refractivity contribution < 1.29 is 0 Å². The quantitative estimate of drug-likeness (QED) is 0.114. The van der Waals surface area contributed by atoms with E-state index in [9.17, 15) is 0 Å². The van der Waals surface area contributed by atoms with Crippen LogP contribution in [0.1, 0.15) is 89.4 Å². The second-order valence-corrected chi connectivity index (χ2v) is 22.1. The molecule has 0 bridgehead atoms. The van der Waals surface area contributed by atoms with Crippen LogP contribution in [-0.4, -0.2) is 4.57 Å². The first-order chi connectivity index (χ1) is 41.6. The molecule has 0 N–H and O–H groups in total. The van der Waals surface area contributed by atoms with E-state index in [1.807, 2.05) is 0 Å². The summed E-state index contributed by atoms with van der Waals surface area (Å²) in [5, 5.41) is 2.62. The summed E-state index contributed by atoms with van der Waals surface area (Å²) in [6, 6.07) is 112. The molecule has 1 heteroatoms. The first-order valence-corrected chi connectivity index (χ1v) is 29.6. The SMILES string of the molecule is Cc1ccc(-n2c3ccccc3c3ccccc32)cc1.Cc1ccc(/C=C(\c2ccccc2)c2ccc(C)c(C)c2)cc1.Cc1ccc(C=C(c2ccccc2)c2ccccc2)cc1.Cc1ccc(CC(c2ccccc2)c2ccccc2)cc1. The van der Waals surface area contributed by atoms with Gasteiger partial charge in [-0.1, -0.05) is 313 Å². The predicted molar refractivity (Wildman–Crippen MR) is 367 cm³/mol. The molecule has 0 unspecified atom stereocenters. The Kier molecular flexibility index (Phi) is 19.7. The van der Waals surface area contributed by atoms with Crippen molar-refractivity contribution in [3.8, 4) is 5.69 Å². The van der Waals surface area contributed by atoms with Crippen LogP contribution >= 0.6 is 0 Å². The van der Waals surface area contributed by atoms with Gasteiger partial charge in [-0.15, -0.1) is 0 Å². The first kappa shape index (κ1) is 58.1. The minimum Gasteiger partial charge on any atom is -0.309 e. The average Bonchev–Trinajstić information content (AvgIpc) is 2.80. The average molecular weight is 1100 g/mol. The third-order valence-corrected chi connectivity index (χ3v) is 15.7. The molecule has 416 valence electrons. The van der Waals surface area contributed by atoms with E-state index in [0.29, 0.717) is 5.92 Å². The van der Waals surface area contributed by atoms with Crippen LogP contribution < -0.4 is 0 Å². The van der Waals surface area contributed by atoms with Gasteiger partial charge in [0.05, 0.1) is 11.0 Å². The Bertz CT molecular complexity index is 4100. The van der Waals surface area contributed by atoms with Crippen molar-refractivity contribution in [2.75, 3.05) is 0 Å². The maximum absolute atomic E-state index is 2.34. The van der Waals surface area contributed by atoms with E-state index >= 15 is 0 Å². The van der Waals surface area contributed by atoms with Crippen molar-refractivity contribution in [3.05, 3.63) is 399 Å². The first-order valence-electron chi connectivity index (χ1n) is 29.6. The zero-order chi connectivity index (χ0) is 58.7. The lowest BCUT2D eigenvalue weighted by Crippen LogP contribution is -2.05. The number of rotatable bonds is 11. The van der Waals surface area contributed by atoms with Crippen LogP contribution in [-0.2, 0) is 6.42 Å². The number of fused-ring (bicyclic) bond motifs is 3. The Morgan fingerprint density at radius 2 is 0.647 bits per heavy atom. The second-order valence-electron chi connectivity index (χ2n) is 22.1. The number of nitrogens with zero attached hydrogens (tertiary/aromatic N) is 1. The molecule has 0 aliphatic heterocycles. The smallest absolute Gasteiger partial charge is 0.0541 e. The van der Waals surface area contributed by atoms with E-state index in [1.54, 1.807) is 0 Å². The topological polar surface area (TPSA) is 4.93 Å². The van der Waals surface area contributed by atoms with Gasteiger partial charge in [0.15, 0.2) is 0 Å². The van der Waals surface area contributed by atoms with Gasteiger partial charge in [0.25, 0.3) is 0 Å². The molecule has 12 aromatic carbocycles. The summed E-state index contributed by atoms with van der Waals surface area (Å²) in [4.78, 5) is 0. The molecule has 0 spiro atoms. The summed E-state index contributed by atoms with van der Waals surface area (Å²) < 4.78 is 2.34. The minimum absolute atomic E-state index is 0.412. The maximum Gasteiger partial charge on any atom is 0.0541 e. The van der Waals surface area contributed by atoms with Crippen molar-refractivity contribution in [2.24, 2.45) is 0 Å². The summed E-state index contributed by atoms with van der Waals surface area (Å²) in [7, 11) is 0. The molecule has 0 aliphatic carbocycles. The molecular weight excluding hydrogens is 1020 g/mol. The molecule has 0 saturated carbocycles. The molecule has 1 heterocycles. The third kappa shape index (κ3) is 15.5. The van der Waals surface area contributed by atoms with Crippen molar-refractivity contribution in [2.45, 2.75) is 53.9 Å². The lowest BCUT2D eigenvalue weighted by atomic mass is 9.86. The van der Waals surface area contributed by atoms with Gasteiger partial charge >= 0.3 is 0 Å². The van der Waals surface area contributed by atoms with Gasteiger partial charge in [0.1, 0.15) is 0 Å². The molecule has 0 saturated heterocycles. The molecule has 0 aliphatic rings. The monoisotopic (exact) mass is 1100 g/mol. The van der Waals surface area contributed by atoms with E-state index in [1.165, 1.54) is 122 Å². The van der Waals surface area contributed by atoms with Crippen LogP contribution in [0.25, 0.3) is 50.8 Å². The lowest BCUT2D eigenvalue weighted by Gasteiger charge is -2.18. The predicted octanol–water partition coefficient (Wildman–Crippen LogP) is 22.2. The van der Waals surface area contributed by atoms with Gasteiger partial charge in [-0.2, -0.15) is 0 Å². The zero-order valence-electron chi connectivity index (χ0n) is 49.9.